The first kappa shape index (κ1) is 17.9. The molecule has 2 aromatic carbocycles. The van der Waals surface area contributed by atoms with Gasteiger partial charge in [-0.15, -0.1) is 0 Å². The summed E-state index contributed by atoms with van der Waals surface area (Å²) in [4.78, 5) is 24.8. The Kier molecular flexibility index (Phi) is 5.48. The fourth-order valence-corrected chi connectivity index (χ4v) is 2.77. The molecule has 3 rings (SSSR count). The van der Waals surface area contributed by atoms with Crippen molar-refractivity contribution in [1.82, 2.24) is 20.8 Å². The van der Waals surface area contributed by atoms with Gasteiger partial charge in [0.15, 0.2) is 0 Å². The predicted molar refractivity (Wildman–Crippen MR) is 102 cm³/mol. The van der Waals surface area contributed by atoms with Crippen LogP contribution in [0.4, 0.5) is 0 Å². The summed E-state index contributed by atoms with van der Waals surface area (Å²) in [5, 5.41) is 12.2. The fourth-order valence-electron chi connectivity index (χ4n) is 2.51. The van der Waals surface area contributed by atoms with Gasteiger partial charge in [0.2, 0.25) is 5.91 Å². The van der Waals surface area contributed by atoms with Crippen molar-refractivity contribution >= 4 is 27.7 Å². The molecule has 0 fully saturated rings. The molecule has 3 N–H and O–H groups in total. The van der Waals surface area contributed by atoms with E-state index >= 15 is 0 Å². The first-order valence-electron chi connectivity index (χ1n) is 7.97. The van der Waals surface area contributed by atoms with E-state index in [-0.39, 0.29) is 11.6 Å². The number of likely N-dealkylation sites (N-methyl/N-ethyl adjacent to an activating group) is 1. The maximum Gasteiger partial charge on any atom is 0.270 e. The highest BCUT2D eigenvalue weighted by Crippen LogP contribution is 2.21. The molecule has 2 amide bonds. The zero-order chi connectivity index (χ0) is 18.5. The van der Waals surface area contributed by atoms with E-state index in [2.05, 4.69) is 36.8 Å². The van der Waals surface area contributed by atoms with Crippen molar-refractivity contribution in [3.63, 3.8) is 0 Å². The largest absolute Gasteiger partial charge is 0.357 e. The lowest BCUT2D eigenvalue weighted by Gasteiger charge is -2.17. The number of hydrogen-bond donors (Lipinski definition) is 3. The molecule has 0 bridgehead atoms. The Morgan fingerprint density at radius 2 is 1.77 bits per heavy atom. The number of H-pyrrole nitrogens is 1. The van der Waals surface area contributed by atoms with Crippen LogP contribution in [0.3, 0.4) is 0 Å². The highest BCUT2D eigenvalue weighted by atomic mass is 79.9. The van der Waals surface area contributed by atoms with Gasteiger partial charge in [-0.25, -0.2) is 0 Å². The van der Waals surface area contributed by atoms with Crippen LogP contribution < -0.4 is 10.6 Å². The third kappa shape index (κ3) is 4.00. The lowest BCUT2D eigenvalue weighted by atomic mass is 10.1. The predicted octanol–water partition coefficient (Wildman–Crippen LogP) is 3.06. The van der Waals surface area contributed by atoms with E-state index in [1.165, 1.54) is 7.05 Å². The van der Waals surface area contributed by atoms with Crippen molar-refractivity contribution in [2.24, 2.45) is 0 Å². The average molecular weight is 413 g/mol. The topological polar surface area (TPSA) is 86.9 Å². The smallest absolute Gasteiger partial charge is 0.270 e. The number of carbonyl (C=O) groups is 2. The molecule has 0 saturated carbocycles. The molecule has 3 aromatic rings. The van der Waals surface area contributed by atoms with Gasteiger partial charge in [0.05, 0.1) is 5.69 Å². The summed E-state index contributed by atoms with van der Waals surface area (Å²) >= 11 is 3.39. The second-order valence-electron chi connectivity index (χ2n) is 5.61. The molecule has 7 heteroatoms. The van der Waals surface area contributed by atoms with Gasteiger partial charge in [-0.1, -0.05) is 58.4 Å². The number of benzene rings is 2. The number of nitrogens with one attached hydrogen (secondary N) is 3. The zero-order valence-corrected chi connectivity index (χ0v) is 15.6. The Hall–Kier alpha value is -2.93. The lowest BCUT2D eigenvalue weighted by molar-refractivity contribution is -0.122. The normalized spacial score (nSPS) is 11.6. The highest BCUT2D eigenvalue weighted by Gasteiger charge is 2.23. The molecule has 1 heterocycles. The van der Waals surface area contributed by atoms with Crippen LogP contribution in [0.25, 0.3) is 11.3 Å². The number of nitrogens with zero attached hydrogens (tertiary/aromatic N) is 1. The van der Waals surface area contributed by atoms with Crippen LogP contribution in [-0.2, 0) is 4.79 Å². The molecule has 1 aromatic heterocycles. The van der Waals surface area contributed by atoms with Gasteiger partial charge in [-0.3, -0.25) is 14.7 Å². The number of amides is 2. The van der Waals surface area contributed by atoms with Gasteiger partial charge in [-0.2, -0.15) is 5.10 Å². The summed E-state index contributed by atoms with van der Waals surface area (Å²) in [6.07, 6.45) is 0. The molecule has 0 spiro atoms. The highest BCUT2D eigenvalue weighted by molar-refractivity contribution is 9.10. The van der Waals surface area contributed by atoms with E-state index in [0.717, 1.165) is 10.0 Å². The summed E-state index contributed by atoms with van der Waals surface area (Å²) in [5.74, 6) is -0.699. The van der Waals surface area contributed by atoms with Crippen LogP contribution in [-0.4, -0.2) is 29.1 Å². The Morgan fingerprint density at radius 1 is 1.08 bits per heavy atom. The first-order chi connectivity index (χ1) is 12.6. The summed E-state index contributed by atoms with van der Waals surface area (Å²) in [7, 11) is 1.53. The minimum atomic E-state index is -0.784. The van der Waals surface area contributed by atoms with Crippen molar-refractivity contribution in [3.8, 4) is 11.3 Å². The van der Waals surface area contributed by atoms with Crippen molar-refractivity contribution in [1.29, 1.82) is 0 Å². The molecule has 0 saturated heterocycles. The zero-order valence-electron chi connectivity index (χ0n) is 14.0. The molecule has 0 aliphatic rings. The van der Waals surface area contributed by atoms with E-state index in [4.69, 9.17) is 0 Å². The molecule has 0 radical (unpaired) electrons. The number of hydrogen-bond acceptors (Lipinski definition) is 3. The lowest BCUT2D eigenvalue weighted by Crippen LogP contribution is -2.39. The van der Waals surface area contributed by atoms with Gasteiger partial charge < -0.3 is 10.6 Å². The molecule has 1 atom stereocenters. The van der Waals surface area contributed by atoms with Crippen LogP contribution in [0.1, 0.15) is 22.1 Å². The number of halogens is 1. The maximum absolute atomic E-state index is 12.6. The molecular weight excluding hydrogens is 396 g/mol. The van der Waals surface area contributed by atoms with Crippen molar-refractivity contribution in [2.75, 3.05) is 7.05 Å². The third-order valence-electron chi connectivity index (χ3n) is 3.88. The van der Waals surface area contributed by atoms with Crippen molar-refractivity contribution in [2.45, 2.75) is 6.04 Å². The van der Waals surface area contributed by atoms with Gasteiger partial charge >= 0.3 is 0 Å². The summed E-state index contributed by atoms with van der Waals surface area (Å²) in [6, 6.07) is 17.6. The molecule has 26 heavy (non-hydrogen) atoms. The van der Waals surface area contributed by atoms with Crippen LogP contribution >= 0.6 is 15.9 Å². The van der Waals surface area contributed by atoms with E-state index in [9.17, 15) is 9.59 Å². The molecule has 132 valence electrons. The standard InChI is InChI=1S/C19H17BrN4O2/c1-21-19(26)17(13-5-3-2-4-6-13)22-18(25)16-11-15(23-24-16)12-7-9-14(20)10-8-12/h2-11,17H,1H3,(H,21,26)(H,22,25)(H,23,24)/t17-/m0/s1. The van der Waals surface area contributed by atoms with E-state index in [0.29, 0.717) is 11.3 Å². The van der Waals surface area contributed by atoms with E-state index in [1.807, 2.05) is 42.5 Å². The van der Waals surface area contributed by atoms with Crippen LogP contribution in [0.2, 0.25) is 0 Å². The van der Waals surface area contributed by atoms with Crippen LogP contribution in [0, 0.1) is 0 Å². The maximum atomic E-state index is 12.6. The first-order valence-corrected chi connectivity index (χ1v) is 8.76. The van der Waals surface area contributed by atoms with Crippen molar-refractivity contribution < 1.29 is 9.59 Å². The third-order valence-corrected chi connectivity index (χ3v) is 4.41. The molecular formula is C19H17BrN4O2. The van der Waals surface area contributed by atoms with Crippen molar-refractivity contribution in [3.05, 3.63) is 76.4 Å². The fraction of sp³-hybridized carbons (Fsp3) is 0.105. The summed E-state index contributed by atoms with van der Waals surface area (Å²) in [6.45, 7) is 0. The van der Waals surface area contributed by atoms with Gasteiger partial charge in [0, 0.05) is 17.1 Å². The second kappa shape index (κ2) is 7.97. The van der Waals surface area contributed by atoms with Crippen LogP contribution in [0.5, 0.6) is 0 Å². The number of rotatable bonds is 5. The minimum absolute atomic E-state index is 0.285. The monoisotopic (exact) mass is 412 g/mol. The van der Waals surface area contributed by atoms with E-state index < -0.39 is 11.9 Å². The quantitative estimate of drug-likeness (QED) is 0.601. The number of aromatic amines is 1. The van der Waals surface area contributed by atoms with Gasteiger partial charge in [-0.05, 0) is 23.8 Å². The Labute approximate surface area is 159 Å². The molecule has 0 aliphatic carbocycles. The number of aromatic nitrogens is 2. The molecule has 0 unspecified atom stereocenters. The Bertz CT molecular complexity index is 907. The van der Waals surface area contributed by atoms with Gasteiger partial charge in [0.25, 0.3) is 5.91 Å². The SMILES string of the molecule is CNC(=O)[C@@H](NC(=O)c1cc(-c2ccc(Br)cc2)n[nH]1)c1ccccc1. The summed E-state index contributed by atoms with van der Waals surface area (Å²) in [5.41, 5.74) is 2.52. The Morgan fingerprint density at radius 3 is 2.42 bits per heavy atom. The molecule has 6 nitrogen and oxygen atoms in total. The second-order valence-corrected chi connectivity index (χ2v) is 6.52. The average Bonchev–Trinajstić information content (AvgIpc) is 3.17. The van der Waals surface area contributed by atoms with Crippen LogP contribution in [0.15, 0.2) is 65.1 Å². The molecule has 0 aliphatic heterocycles. The minimum Gasteiger partial charge on any atom is -0.357 e. The Balaban J connectivity index is 1.80. The van der Waals surface area contributed by atoms with Gasteiger partial charge in [0.1, 0.15) is 11.7 Å². The van der Waals surface area contributed by atoms with E-state index in [1.54, 1.807) is 18.2 Å². The number of carbonyl (C=O) groups excluding carboxylic acids is 2. The summed E-state index contributed by atoms with van der Waals surface area (Å²) < 4.78 is 0.964.